The maximum atomic E-state index is 5.81. The van der Waals surface area contributed by atoms with Gasteiger partial charge in [0.2, 0.25) is 0 Å². The minimum absolute atomic E-state index is 0.291. The minimum atomic E-state index is 0.291. The van der Waals surface area contributed by atoms with E-state index in [1.165, 1.54) is 6.42 Å². The van der Waals surface area contributed by atoms with Crippen LogP contribution < -0.4 is 5.32 Å². The molecule has 0 aromatic heterocycles. The number of hydrogen-bond donors (Lipinski definition) is 1. The lowest BCUT2D eigenvalue weighted by molar-refractivity contribution is 0.511. The Labute approximate surface area is 69.1 Å². The molecule has 62 valence electrons. The van der Waals surface area contributed by atoms with E-state index in [0.29, 0.717) is 11.4 Å². The zero-order chi connectivity index (χ0) is 7.98. The number of alkyl halides is 1. The molecule has 1 nitrogen and oxygen atoms in total. The lowest BCUT2D eigenvalue weighted by Gasteiger charge is -2.13. The van der Waals surface area contributed by atoms with Crippen molar-refractivity contribution in [2.24, 2.45) is 0 Å². The maximum Gasteiger partial charge on any atom is 0.0322 e. The van der Waals surface area contributed by atoms with E-state index in [2.05, 4.69) is 19.2 Å². The predicted molar refractivity (Wildman–Crippen MR) is 47.7 cm³/mol. The molecule has 2 unspecified atom stereocenters. The average molecular weight is 164 g/mol. The van der Waals surface area contributed by atoms with E-state index in [-0.39, 0.29) is 0 Å². The van der Waals surface area contributed by atoms with Crippen molar-refractivity contribution in [1.82, 2.24) is 5.32 Å². The normalized spacial score (nSPS) is 16.8. The maximum absolute atomic E-state index is 5.81. The molecule has 0 amide bonds. The molecule has 0 saturated carbocycles. The summed E-state index contributed by atoms with van der Waals surface area (Å²) in [5.41, 5.74) is 0. The highest BCUT2D eigenvalue weighted by Gasteiger charge is 2.03. The highest BCUT2D eigenvalue weighted by molar-refractivity contribution is 6.20. The van der Waals surface area contributed by atoms with Crippen LogP contribution in [0.15, 0.2) is 0 Å². The Kier molecular flexibility index (Phi) is 6.14. The molecule has 2 heteroatoms. The quantitative estimate of drug-likeness (QED) is 0.614. The molecule has 2 atom stereocenters. The molecule has 0 rings (SSSR count). The fraction of sp³-hybridized carbons (Fsp3) is 1.00. The first-order valence-corrected chi connectivity index (χ1v) is 4.48. The van der Waals surface area contributed by atoms with Gasteiger partial charge in [-0.3, -0.25) is 0 Å². The second-order valence-electron chi connectivity index (χ2n) is 2.87. The van der Waals surface area contributed by atoms with Gasteiger partial charge >= 0.3 is 0 Å². The topological polar surface area (TPSA) is 12.0 Å². The summed E-state index contributed by atoms with van der Waals surface area (Å²) in [6.45, 7) is 7.48. The summed E-state index contributed by atoms with van der Waals surface area (Å²) in [5.74, 6) is 0. The molecule has 0 bridgehead atoms. The standard InChI is InChI=1S/C8H18ClN/c1-4-5-10-8(3)6-7(2)9/h7-8,10H,4-6H2,1-3H3. The molecular weight excluding hydrogens is 146 g/mol. The van der Waals surface area contributed by atoms with E-state index in [1.807, 2.05) is 6.92 Å². The van der Waals surface area contributed by atoms with Gasteiger partial charge in [0.15, 0.2) is 0 Å². The van der Waals surface area contributed by atoms with Gasteiger partial charge in [-0.15, -0.1) is 11.6 Å². The molecule has 0 fully saturated rings. The first-order valence-electron chi connectivity index (χ1n) is 4.04. The zero-order valence-corrected chi connectivity index (χ0v) is 7.91. The minimum Gasteiger partial charge on any atom is -0.314 e. The summed E-state index contributed by atoms with van der Waals surface area (Å²) >= 11 is 5.81. The van der Waals surface area contributed by atoms with Crippen LogP contribution in [0.3, 0.4) is 0 Å². The Morgan fingerprint density at radius 1 is 1.40 bits per heavy atom. The smallest absolute Gasteiger partial charge is 0.0322 e. The molecule has 0 radical (unpaired) electrons. The third-order valence-electron chi connectivity index (χ3n) is 1.42. The Balaban J connectivity index is 3.16. The van der Waals surface area contributed by atoms with Gasteiger partial charge in [-0.1, -0.05) is 6.92 Å². The van der Waals surface area contributed by atoms with E-state index < -0.39 is 0 Å². The van der Waals surface area contributed by atoms with Crippen LogP contribution in [0.25, 0.3) is 0 Å². The van der Waals surface area contributed by atoms with Gasteiger partial charge in [-0.05, 0) is 33.2 Å². The van der Waals surface area contributed by atoms with Crippen LogP contribution in [0.4, 0.5) is 0 Å². The average Bonchev–Trinajstić information content (AvgIpc) is 1.82. The van der Waals surface area contributed by atoms with Crippen LogP contribution in [-0.2, 0) is 0 Å². The third-order valence-corrected chi connectivity index (χ3v) is 1.60. The van der Waals surface area contributed by atoms with Crippen molar-refractivity contribution >= 4 is 11.6 Å². The van der Waals surface area contributed by atoms with Crippen molar-refractivity contribution in [2.75, 3.05) is 6.54 Å². The van der Waals surface area contributed by atoms with Gasteiger partial charge in [-0.25, -0.2) is 0 Å². The van der Waals surface area contributed by atoms with Crippen molar-refractivity contribution in [3.63, 3.8) is 0 Å². The monoisotopic (exact) mass is 163 g/mol. The van der Waals surface area contributed by atoms with Crippen LogP contribution in [0.5, 0.6) is 0 Å². The Morgan fingerprint density at radius 2 is 2.00 bits per heavy atom. The Bertz CT molecular complexity index is 73.7. The summed E-state index contributed by atoms with van der Waals surface area (Å²) in [4.78, 5) is 0. The molecule has 0 aliphatic carbocycles. The molecular formula is C8H18ClN. The zero-order valence-electron chi connectivity index (χ0n) is 7.15. The van der Waals surface area contributed by atoms with Crippen LogP contribution >= 0.6 is 11.6 Å². The van der Waals surface area contributed by atoms with Crippen molar-refractivity contribution in [3.8, 4) is 0 Å². The lowest BCUT2D eigenvalue weighted by Crippen LogP contribution is -2.28. The fourth-order valence-corrected chi connectivity index (χ4v) is 1.23. The van der Waals surface area contributed by atoms with Gasteiger partial charge in [-0.2, -0.15) is 0 Å². The van der Waals surface area contributed by atoms with Gasteiger partial charge in [0.05, 0.1) is 0 Å². The van der Waals surface area contributed by atoms with Crippen LogP contribution in [0, 0.1) is 0 Å². The molecule has 0 saturated heterocycles. The van der Waals surface area contributed by atoms with Crippen molar-refractivity contribution in [1.29, 1.82) is 0 Å². The van der Waals surface area contributed by atoms with E-state index in [9.17, 15) is 0 Å². The molecule has 10 heavy (non-hydrogen) atoms. The van der Waals surface area contributed by atoms with Gasteiger partial charge in [0.1, 0.15) is 0 Å². The Morgan fingerprint density at radius 3 is 2.40 bits per heavy atom. The largest absolute Gasteiger partial charge is 0.314 e. The summed E-state index contributed by atoms with van der Waals surface area (Å²) in [6, 6.07) is 0.562. The SMILES string of the molecule is CCCNC(C)CC(C)Cl. The van der Waals surface area contributed by atoms with Crippen LogP contribution in [0.2, 0.25) is 0 Å². The van der Waals surface area contributed by atoms with E-state index in [4.69, 9.17) is 11.6 Å². The fourth-order valence-electron chi connectivity index (χ4n) is 0.961. The Hall–Kier alpha value is 0.250. The predicted octanol–water partition coefficient (Wildman–Crippen LogP) is 2.39. The first kappa shape index (κ1) is 10.2. The summed E-state index contributed by atoms with van der Waals surface area (Å²) in [6.07, 6.45) is 2.25. The molecule has 0 aromatic rings. The molecule has 0 spiro atoms. The molecule has 1 N–H and O–H groups in total. The number of halogens is 1. The second kappa shape index (κ2) is 5.99. The highest BCUT2D eigenvalue weighted by atomic mass is 35.5. The van der Waals surface area contributed by atoms with Gasteiger partial charge < -0.3 is 5.32 Å². The molecule has 0 aliphatic rings. The second-order valence-corrected chi connectivity index (χ2v) is 3.62. The van der Waals surface area contributed by atoms with Crippen molar-refractivity contribution < 1.29 is 0 Å². The van der Waals surface area contributed by atoms with Gasteiger partial charge in [0.25, 0.3) is 0 Å². The third kappa shape index (κ3) is 6.37. The summed E-state index contributed by atoms with van der Waals surface area (Å²) in [7, 11) is 0. The summed E-state index contributed by atoms with van der Waals surface area (Å²) < 4.78 is 0. The van der Waals surface area contributed by atoms with Gasteiger partial charge in [0, 0.05) is 11.4 Å². The van der Waals surface area contributed by atoms with Crippen molar-refractivity contribution in [3.05, 3.63) is 0 Å². The number of hydrogen-bond acceptors (Lipinski definition) is 1. The lowest BCUT2D eigenvalue weighted by atomic mass is 10.2. The molecule has 0 aliphatic heterocycles. The van der Waals surface area contributed by atoms with E-state index >= 15 is 0 Å². The van der Waals surface area contributed by atoms with E-state index in [1.54, 1.807) is 0 Å². The van der Waals surface area contributed by atoms with Crippen LogP contribution in [-0.4, -0.2) is 18.0 Å². The number of rotatable bonds is 5. The molecule has 0 aromatic carbocycles. The highest BCUT2D eigenvalue weighted by Crippen LogP contribution is 2.03. The van der Waals surface area contributed by atoms with E-state index in [0.717, 1.165) is 13.0 Å². The van der Waals surface area contributed by atoms with Crippen molar-refractivity contribution in [2.45, 2.75) is 45.0 Å². The first-order chi connectivity index (χ1) is 4.66. The number of nitrogens with one attached hydrogen (secondary N) is 1. The molecule has 0 heterocycles. The summed E-state index contributed by atoms with van der Waals surface area (Å²) in [5, 5.41) is 3.67. The van der Waals surface area contributed by atoms with Crippen LogP contribution in [0.1, 0.15) is 33.6 Å².